The van der Waals surface area contributed by atoms with Gasteiger partial charge in [-0.1, -0.05) is 6.07 Å². The van der Waals surface area contributed by atoms with Crippen molar-refractivity contribution in [3.05, 3.63) is 29.3 Å². The lowest BCUT2D eigenvalue weighted by atomic mass is 10.1. The summed E-state index contributed by atoms with van der Waals surface area (Å²) in [6.07, 6.45) is 1.79. The number of carbonyl (C=O) groups excluding carboxylic acids is 1. The number of esters is 1. The van der Waals surface area contributed by atoms with Gasteiger partial charge in [0.05, 0.1) is 18.6 Å². The monoisotopic (exact) mass is 254 g/mol. The molecule has 0 atom stereocenters. The van der Waals surface area contributed by atoms with Crippen LogP contribution in [0.4, 0.5) is 0 Å². The summed E-state index contributed by atoms with van der Waals surface area (Å²) < 4.78 is 4.92. The molecule has 0 saturated heterocycles. The zero-order valence-electron chi connectivity index (χ0n) is 9.73. The molecule has 0 unspecified atom stereocenters. The highest BCUT2D eigenvalue weighted by Crippen LogP contribution is 2.23. The van der Waals surface area contributed by atoms with E-state index in [9.17, 15) is 9.59 Å². The molecule has 0 heterocycles. The first-order chi connectivity index (χ1) is 8.08. The molecule has 1 N–H and O–H groups in total. The Bertz CT molecular complexity index is 429. The van der Waals surface area contributed by atoms with Gasteiger partial charge in [0, 0.05) is 4.90 Å². The fourth-order valence-electron chi connectivity index (χ4n) is 1.40. The third-order valence-electron chi connectivity index (χ3n) is 2.12. The third-order valence-corrected chi connectivity index (χ3v) is 2.89. The molecule has 0 saturated carbocycles. The van der Waals surface area contributed by atoms with Crippen molar-refractivity contribution in [2.24, 2.45) is 0 Å². The lowest BCUT2D eigenvalue weighted by Crippen LogP contribution is -2.07. The summed E-state index contributed by atoms with van der Waals surface area (Å²) in [5.74, 6) is -1.26. The van der Waals surface area contributed by atoms with Gasteiger partial charge in [0.2, 0.25) is 0 Å². The van der Waals surface area contributed by atoms with Crippen LogP contribution in [0.1, 0.15) is 22.8 Å². The molecule has 17 heavy (non-hydrogen) atoms. The number of carboxylic acid groups (broad SMARTS) is 1. The van der Waals surface area contributed by atoms with Crippen LogP contribution in [0.15, 0.2) is 23.1 Å². The van der Waals surface area contributed by atoms with E-state index in [0.29, 0.717) is 17.7 Å². The Morgan fingerprint density at radius 3 is 2.65 bits per heavy atom. The molecule has 92 valence electrons. The number of carboxylic acids is 1. The Balaban J connectivity index is 3.00. The third kappa shape index (κ3) is 3.78. The minimum Gasteiger partial charge on any atom is -0.481 e. The first-order valence-corrected chi connectivity index (χ1v) is 6.36. The summed E-state index contributed by atoms with van der Waals surface area (Å²) in [6.45, 7) is 2.07. The minimum atomic E-state index is -0.888. The van der Waals surface area contributed by atoms with Crippen LogP contribution < -0.4 is 0 Å². The Hall–Kier alpha value is -1.49. The van der Waals surface area contributed by atoms with Crippen LogP contribution in [0.25, 0.3) is 0 Å². The lowest BCUT2D eigenvalue weighted by molar-refractivity contribution is -0.136. The molecular weight excluding hydrogens is 240 g/mol. The van der Waals surface area contributed by atoms with Gasteiger partial charge in [-0.15, -0.1) is 11.8 Å². The van der Waals surface area contributed by atoms with Crippen molar-refractivity contribution in [1.82, 2.24) is 0 Å². The normalized spacial score (nSPS) is 10.0. The molecule has 0 aliphatic carbocycles. The predicted octanol–water partition coefficient (Wildman–Crippen LogP) is 2.21. The van der Waals surface area contributed by atoms with Gasteiger partial charge in [0.15, 0.2) is 0 Å². The highest BCUT2D eigenvalue weighted by atomic mass is 32.2. The van der Waals surface area contributed by atoms with Crippen molar-refractivity contribution in [2.45, 2.75) is 18.2 Å². The summed E-state index contributed by atoms with van der Waals surface area (Å²) in [5.41, 5.74) is 1.16. The molecule has 0 radical (unpaired) electrons. The van der Waals surface area contributed by atoms with Crippen molar-refractivity contribution >= 4 is 23.7 Å². The maximum Gasteiger partial charge on any atom is 0.339 e. The summed E-state index contributed by atoms with van der Waals surface area (Å²) in [5, 5.41) is 8.69. The topological polar surface area (TPSA) is 63.6 Å². The number of carbonyl (C=O) groups is 2. The molecule has 1 rings (SSSR count). The zero-order chi connectivity index (χ0) is 12.8. The van der Waals surface area contributed by atoms with E-state index >= 15 is 0 Å². The van der Waals surface area contributed by atoms with Crippen LogP contribution in [0.5, 0.6) is 0 Å². The van der Waals surface area contributed by atoms with E-state index in [-0.39, 0.29) is 12.4 Å². The van der Waals surface area contributed by atoms with Gasteiger partial charge in [0.1, 0.15) is 0 Å². The molecular formula is C12H14O4S. The van der Waals surface area contributed by atoms with Crippen LogP contribution in [-0.4, -0.2) is 29.9 Å². The summed E-state index contributed by atoms with van der Waals surface area (Å²) in [6, 6.07) is 4.97. The molecule has 0 bridgehead atoms. The van der Waals surface area contributed by atoms with Gasteiger partial charge in [-0.2, -0.15) is 0 Å². The van der Waals surface area contributed by atoms with Gasteiger partial charge in [-0.3, -0.25) is 4.79 Å². The van der Waals surface area contributed by atoms with E-state index in [1.165, 1.54) is 11.8 Å². The smallest absolute Gasteiger partial charge is 0.339 e. The average molecular weight is 254 g/mol. The standard InChI is InChI=1S/C12H14O4S/c1-3-16-12(15)9-5-4-8(7-11(13)14)6-10(9)17-2/h4-6H,3,7H2,1-2H3,(H,13,14). The maximum absolute atomic E-state index is 11.6. The van der Waals surface area contributed by atoms with E-state index in [0.717, 1.165) is 4.90 Å². The molecule has 5 heteroatoms. The molecule has 0 spiro atoms. The quantitative estimate of drug-likeness (QED) is 0.644. The van der Waals surface area contributed by atoms with E-state index in [1.54, 1.807) is 25.1 Å². The number of thioether (sulfide) groups is 1. The molecule has 1 aromatic carbocycles. The fraction of sp³-hybridized carbons (Fsp3) is 0.333. The highest BCUT2D eigenvalue weighted by Gasteiger charge is 2.13. The molecule has 0 amide bonds. The molecule has 0 fully saturated rings. The Labute approximate surface area is 104 Å². The van der Waals surface area contributed by atoms with Crippen LogP contribution in [0.3, 0.4) is 0 Å². The van der Waals surface area contributed by atoms with Crippen LogP contribution in [0.2, 0.25) is 0 Å². The van der Waals surface area contributed by atoms with Crippen molar-refractivity contribution in [3.8, 4) is 0 Å². The second-order valence-corrected chi connectivity index (χ2v) is 4.17. The molecule has 4 nitrogen and oxygen atoms in total. The average Bonchev–Trinajstić information content (AvgIpc) is 2.28. The Morgan fingerprint density at radius 1 is 1.41 bits per heavy atom. The van der Waals surface area contributed by atoms with E-state index < -0.39 is 5.97 Å². The fourth-order valence-corrected chi connectivity index (χ4v) is 2.04. The Morgan fingerprint density at radius 2 is 2.12 bits per heavy atom. The number of ether oxygens (including phenoxy) is 1. The van der Waals surface area contributed by atoms with Crippen molar-refractivity contribution < 1.29 is 19.4 Å². The molecule has 0 aromatic heterocycles. The van der Waals surface area contributed by atoms with Crippen LogP contribution in [-0.2, 0) is 16.0 Å². The SMILES string of the molecule is CCOC(=O)c1ccc(CC(=O)O)cc1SC. The van der Waals surface area contributed by atoms with Gasteiger partial charge >= 0.3 is 11.9 Å². The van der Waals surface area contributed by atoms with E-state index in [2.05, 4.69) is 0 Å². The molecule has 0 aliphatic heterocycles. The van der Waals surface area contributed by atoms with E-state index in [4.69, 9.17) is 9.84 Å². The molecule has 1 aromatic rings. The number of aliphatic carboxylic acids is 1. The summed E-state index contributed by atoms with van der Waals surface area (Å²) >= 11 is 1.40. The summed E-state index contributed by atoms with van der Waals surface area (Å²) in [7, 11) is 0. The predicted molar refractivity (Wildman–Crippen MR) is 65.5 cm³/mol. The van der Waals surface area contributed by atoms with Crippen molar-refractivity contribution in [1.29, 1.82) is 0 Å². The second-order valence-electron chi connectivity index (χ2n) is 3.33. The Kier molecular flexibility index (Phi) is 5.03. The largest absolute Gasteiger partial charge is 0.481 e. The van der Waals surface area contributed by atoms with Crippen molar-refractivity contribution in [2.75, 3.05) is 12.9 Å². The first kappa shape index (κ1) is 13.6. The van der Waals surface area contributed by atoms with Gasteiger partial charge in [-0.25, -0.2) is 4.79 Å². The number of benzene rings is 1. The highest BCUT2D eigenvalue weighted by molar-refractivity contribution is 7.98. The first-order valence-electron chi connectivity index (χ1n) is 5.14. The van der Waals surface area contributed by atoms with Gasteiger partial charge in [-0.05, 0) is 30.9 Å². The van der Waals surface area contributed by atoms with E-state index in [1.807, 2.05) is 6.26 Å². The van der Waals surface area contributed by atoms with Crippen molar-refractivity contribution in [3.63, 3.8) is 0 Å². The second kappa shape index (κ2) is 6.30. The number of hydrogen-bond acceptors (Lipinski definition) is 4. The van der Waals surface area contributed by atoms with Crippen LogP contribution in [0, 0.1) is 0 Å². The minimum absolute atomic E-state index is 0.0450. The lowest BCUT2D eigenvalue weighted by Gasteiger charge is -2.08. The van der Waals surface area contributed by atoms with Gasteiger partial charge in [0.25, 0.3) is 0 Å². The summed E-state index contributed by atoms with van der Waals surface area (Å²) in [4.78, 5) is 22.9. The van der Waals surface area contributed by atoms with Gasteiger partial charge < -0.3 is 9.84 Å². The molecule has 0 aliphatic rings. The van der Waals surface area contributed by atoms with Crippen LogP contribution >= 0.6 is 11.8 Å². The number of hydrogen-bond donors (Lipinski definition) is 1. The number of rotatable bonds is 5. The zero-order valence-corrected chi connectivity index (χ0v) is 10.5. The maximum atomic E-state index is 11.6.